The highest BCUT2D eigenvalue weighted by molar-refractivity contribution is 9.10. The molecule has 0 atom stereocenters. The van der Waals surface area contributed by atoms with Crippen LogP contribution in [0.1, 0.15) is 41.3 Å². The third-order valence-electron chi connectivity index (χ3n) is 3.21. The molecule has 2 aromatic carbocycles. The molecule has 2 aromatic rings. The maximum absolute atomic E-state index is 12.4. The Morgan fingerprint density at radius 1 is 1.15 bits per heavy atom. The average molecular weight is 352 g/mol. The van der Waals surface area contributed by atoms with Crippen LogP contribution in [0, 0.1) is 0 Å². The van der Waals surface area contributed by atoms with Crippen molar-refractivity contribution in [2.45, 2.75) is 26.2 Å². The van der Waals surface area contributed by atoms with E-state index in [1.165, 1.54) is 18.4 Å². The molecule has 0 saturated carbocycles. The molecule has 0 N–H and O–H groups in total. The summed E-state index contributed by atoms with van der Waals surface area (Å²) in [5.41, 5.74) is 2.48. The predicted molar refractivity (Wildman–Crippen MR) is 87.6 cm³/mol. The summed E-state index contributed by atoms with van der Waals surface area (Å²) in [5.74, 6) is -0.0375. The molecule has 0 aliphatic carbocycles. The van der Waals surface area contributed by atoms with E-state index in [1.54, 1.807) is 12.1 Å². The molecule has 0 aromatic heterocycles. The van der Waals surface area contributed by atoms with Gasteiger partial charge >= 0.3 is 0 Å². The van der Waals surface area contributed by atoms with Gasteiger partial charge in [-0.15, -0.1) is 0 Å². The van der Waals surface area contributed by atoms with Crippen LogP contribution in [0.15, 0.2) is 46.9 Å². The van der Waals surface area contributed by atoms with Crippen LogP contribution in [0.4, 0.5) is 0 Å². The topological polar surface area (TPSA) is 17.1 Å². The number of benzene rings is 2. The van der Waals surface area contributed by atoms with Crippen molar-refractivity contribution < 1.29 is 4.79 Å². The first-order chi connectivity index (χ1) is 9.61. The second kappa shape index (κ2) is 7.05. The van der Waals surface area contributed by atoms with Gasteiger partial charge in [0.2, 0.25) is 0 Å². The zero-order valence-electron chi connectivity index (χ0n) is 11.3. The fourth-order valence-corrected chi connectivity index (χ4v) is 2.79. The number of carbonyl (C=O) groups is 1. The molecule has 104 valence electrons. The van der Waals surface area contributed by atoms with E-state index in [9.17, 15) is 4.79 Å². The third kappa shape index (κ3) is 3.71. The Balaban J connectivity index is 2.20. The summed E-state index contributed by atoms with van der Waals surface area (Å²) in [7, 11) is 0. The van der Waals surface area contributed by atoms with E-state index in [4.69, 9.17) is 11.6 Å². The van der Waals surface area contributed by atoms with E-state index in [0.717, 1.165) is 10.9 Å². The molecule has 2 rings (SSSR count). The van der Waals surface area contributed by atoms with Crippen LogP contribution in [0.25, 0.3) is 0 Å². The van der Waals surface area contributed by atoms with Gasteiger partial charge in [-0.25, -0.2) is 0 Å². The lowest BCUT2D eigenvalue weighted by atomic mass is 10.0. The molecule has 1 nitrogen and oxygen atoms in total. The number of unbranched alkanes of at least 4 members (excludes halogenated alkanes) is 1. The third-order valence-corrected chi connectivity index (χ3v) is 4.02. The Kier molecular flexibility index (Phi) is 5.38. The standard InChI is InChI=1S/C17H16BrClO/c1-2-3-4-12-5-7-13(8-6-12)17(20)15-10-9-14(18)11-16(15)19/h5-11H,2-4H2,1H3. The van der Waals surface area contributed by atoms with Crippen molar-refractivity contribution in [3.05, 3.63) is 68.7 Å². The van der Waals surface area contributed by atoms with E-state index in [-0.39, 0.29) is 5.78 Å². The predicted octanol–water partition coefficient (Wildman–Crippen LogP) is 5.68. The van der Waals surface area contributed by atoms with Crippen LogP contribution in [0.3, 0.4) is 0 Å². The minimum absolute atomic E-state index is 0.0375. The smallest absolute Gasteiger partial charge is 0.194 e. The number of rotatable bonds is 5. The van der Waals surface area contributed by atoms with Crippen LogP contribution in [0.5, 0.6) is 0 Å². The molecule has 0 heterocycles. The maximum Gasteiger partial charge on any atom is 0.194 e. The van der Waals surface area contributed by atoms with Crippen LogP contribution < -0.4 is 0 Å². The van der Waals surface area contributed by atoms with Crippen molar-refractivity contribution in [1.82, 2.24) is 0 Å². The SMILES string of the molecule is CCCCc1ccc(C(=O)c2ccc(Br)cc2Cl)cc1. The molecule has 0 amide bonds. The van der Waals surface area contributed by atoms with Crippen LogP contribution in [0.2, 0.25) is 5.02 Å². The number of hydrogen-bond donors (Lipinski definition) is 0. The number of carbonyl (C=O) groups excluding carboxylic acids is 1. The monoisotopic (exact) mass is 350 g/mol. The molecular weight excluding hydrogens is 336 g/mol. The molecule has 0 saturated heterocycles. The van der Waals surface area contributed by atoms with Crippen molar-refractivity contribution >= 4 is 33.3 Å². The van der Waals surface area contributed by atoms with Crippen LogP contribution >= 0.6 is 27.5 Å². The molecule has 0 bridgehead atoms. The quantitative estimate of drug-likeness (QED) is 0.634. The molecular formula is C17H16BrClO. The Labute approximate surface area is 133 Å². The van der Waals surface area contributed by atoms with Gasteiger partial charge in [0.15, 0.2) is 5.78 Å². The number of aryl methyl sites for hydroxylation is 1. The summed E-state index contributed by atoms with van der Waals surface area (Å²) in [6.45, 7) is 2.17. The minimum atomic E-state index is -0.0375. The zero-order chi connectivity index (χ0) is 14.5. The van der Waals surface area contributed by atoms with Gasteiger partial charge in [0, 0.05) is 15.6 Å². The van der Waals surface area contributed by atoms with Crippen molar-refractivity contribution in [2.75, 3.05) is 0 Å². The first-order valence-corrected chi connectivity index (χ1v) is 7.87. The summed E-state index contributed by atoms with van der Waals surface area (Å²) in [6, 6.07) is 13.1. The van der Waals surface area contributed by atoms with Crippen molar-refractivity contribution in [1.29, 1.82) is 0 Å². The highest BCUT2D eigenvalue weighted by atomic mass is 79.9. The van der Waals surface area contributed by atoms with Crippen LogP contribution in [-0.4, -0.2) is 5.78 Å². The summed E-state index contributed by atoms with van der Waals surface area (Å²) < 4.78 is 0.869. The molecule has 3 heteroatoms. The Morgan fingerprint density at radius 3 is 2.45 bits per heavy atom. The number of hydrogen-bond acceptors (Lipinski definition) is 1. The normalized spacial score (nSPS) is 10.6. The molecule has 20 heavy (non-hydrogen) atoms. The van der Waals surface area contributed by atoms with Crippen molar-refractivity contribution in [3.63, 3.8) is 0 Å². The zero-order valence-corrected chi connectivity index (χ0v) is 13.7. The summed E-state index contributed by atoms with van der Waals surface area (Å²) >= 11 is 9.46. The molecule has 0 aliphatic rings. The van der Waals surface area contributed by atoms with Gasteiger partial charge in [-0.2, -0.15) is 0 Å². The van der Waals surface area contributed by atoms with E-state index in [0.29, 0.717) is 16.1 Å². The molecule has 0 fully saturated rings. The Hall–Kier alpha value is -1.12. The van der Waals surface area contributed by atoms with E-state index >= 15 is 0 Å². The number of ketones is 1. The molecule has 0 aliphatic heterocycles. The van der Waals surface area contributed by atoms with Gasteiger partial charge in [0.1, 0.15) is 0 Å². The van der Waals surface area contributed by atoms with Gasteiger partial charge in [0.05, 0.1) is 5.02 Å². The van der Waals surface area contributed by atoms with E-state index < -0.39 is 0 Å². The molecule has 0 radical (unpaired) electrons. The summed E-state index contributed by atoms with van der Waals surface area (Å²) in [6.07, 6.45) is 3.41. The maximum atomic E-state index is 12.4. The van der Waals surface area contributed by atoms with Gasteiger partial charge in [-0.3, -0.25) is 4.79 Å². The number of halogens is 2. The lowest BCUT2D eigenvalue weighted by molar-refractivity contribution is 0.103. The second-order valence-corrected chi connectivity index (χ2v) is 6.08. The van der Waals surface area contributed by atoms with E-state index in [2.05, 4.69) is 22.9 Å². The van der Waals surface area contributed by atoms with Crippen molar-refractivity contribution in [2.24, 2.45) is 0 Å². The highest BCUT2D eigenvalue weighted by Gasteiger charge is 2.12. The summed E-state index contributed by atoms with van der Waals surface area (Å²) in [5, 5.41) is 0.472. The molecule has 0 unspecified atom stereocenters. The second-order valence-electron chi connectivity index (χ2n) is 4.75. The Morgan fingerprint density at radius 2 is 1.85 bits per heavy atom. The first-order valence-electron chi connectivity index (χ1n) is 6.70. The lowest BCUT2D eigenvalue weighted by Crippen LogP contribution is -2.02. The fraction of sp³-hybridized carbons (Fsp3) is 0.235. The Bertz CT molecular complexity index is 605. The average Bonchev–Trinajstić information content (AvgIpc) is 2.45. The van der Waals surface area contributed by atoms with Gasteiger partial charge in [0.25, 0.3) is 0 Å². The first kappa shape index (κ1) is 15.3. The lowest BCUT2D eigenvalue weighted by Gasteiger charge is -2.06. The van der Waals surface area contributed by atoms with Gasteiger partial charge < -0.3 is 0 Å². The largest absolute Gasteiger partial charge is 0.289 e. The van der Waals surface area contributed by atoms with E-state index in [1.807, 2.05) is 30.3 Å². The fourth-order valence-electron chi connectivity index (χ4n) is 2.03. The van der Waals surface area contributed by atoms with Crippen molar-refractivity contribution in [3.8, 4) is 0 Å². The minimum Gasteiger partial charge on any atom is -0.289 e. The molecule has 0 spiro atoms. The summed E-state index contributed by atoms with van der Waals surface area (Å²) in [4.78, 5) is 12.4. The van der Waals surface area contributed by atoms with Gasteiger partial charge in [-0.05, 0) is 36.6 Å². The van der Waals surface area contributed by atoms with Crippen LogP contribution in [-0.2, 0) is 6.42 Å². The van der Waals surface area contributed by atoms with Gasteiger partial charge in [-0.1, -0.05) is 65.1 Å². The highest BCUT2D eigenvalue weighted by Crippen LogP contribution is 2.24.